The Morgan fingerprint density at radius 3 is 2.63 bits per heavy atom. The van der Waals surface area contributed by atoms with Crippen molar-refractivity contribution in [2.45, 2.75) is 24.7 Å². The maximum atomic E-state index is 12.0. The van der Waals surface area contributed by atoms with E-state index >= 15 is 0 Å². The van der Waals surface area contributed by atoms with Crippen molar-refractivity contribution in [2.75, 3.05) is 13.7 Å². The lowest BCUT2D eigenvalue weighted by Gasteiger charge is -2.10. The lowest BCUT2D eigenvalue weighted by Crippen LogP contribution is -2.25. The number of rotatable bonds is 7. The highest BCUT2D eigenvalue weighted by Crippen LogP contribution is 2.27. The first-order chi connectivity index (χ1) is 8.92. The van der Waals surface area contributed by atoms with E-state index in [1.165, 1.54) is 19.2 Å². The maximum Gasteiger partial charge on any atom is 0.271 e. The second-order valence-electron chi connectivity index (χ2n) is 3.84. The Balaban J connectivity index is 3.15. The molecule has 0 unspecified atom stereocenters. The second kappa shape index (κ2) is 6.48. The number of hydrogen-bond acceptors (Lipinski definition) is 5. The molecule has 0 amide bonds. The number of nitro benzene ring substituents is 1. The first-order valence-electron chi connectivity index (χ1n) is 5.74. The smallest absolute Gasteiger partial charge is 0.271 e. The first kappa shape index (κ1) is 15.4. The molecule has 0 saturated carbocycles. The summed E-state index contributed by atoms with van der Waals surface area (Å²) in [5, 5.41) is 10.7. The maximum absolute atomic E-state index is 12.0. The van der Waals surface area contributed by atoms with Gasteiger partial charge in [0, 0.05) is 18.7 Å². The molecule has 0 radical (unpaired) electrons. The third kappa shape index (κ3) is 3.90. The van der Waals surface area contributed by atoms with E-state index in [2.05, 4.69) is 4.72 Å². The Morgan fingerprint density at radius 2 is 2.11 bits per heavy atom. The van der Waals surface area contributed by atoms with Crippen LogP contribution in [0.25, 0.3) is 0 Å². The summed E-state index contributed by atoms with van der Waals surface area (Å²) in [5.41, 5.74) is -0.295. The number of methoxy groups -OCH3 is 1. The number of nitrogens with zero attached hydrogens (tertiary/aromatic N) is 1. The van der Waals surface area contributed by atoms with Gasteiger partial charge in [0.1, 0.15) is 10.6 Å². The molecule has 19 heavy (non-hydrogen) atoms. The molecule has 0 atom stereocenters. The number of ether oxygens (including phenoxy) is 1. The van der Waals surface area contributed by atoms with Gasteiger partial charge >= 0.3 is 0 Å². The van der Waals surface area contributed by atoms with Crippen LogP contribution in [0.4, 0.5) is 5.69 Å². The average molecular weight is 288 g/mol. The summed E-state index contributed by atoms with van der Waals surface area (Å²) < 4.78 is 31.4. The van der Waals surface area contributed by atoms with E-state index in [4.69, 9.17) is 4.74 Å². The standard InChI is InChI=1S/C11H16N2O5S/c1-3-4-7-12-19(16,17)11-8-9(13(14)15)5-6-10(11)18-2/h5-6,8,12H,3-4,7H2,1-2H3. The summed E-state index contributed by atoms with van der Waals surface area (Å²) in [7, 11) is -2.50. The third-order valence-electron chi connectivity index (χ3n) is 2.47. The van der Waals surface area contributed by atoms with Crippen molar-refractivity contribution >= 4 is 15.7 Å². The lowest BCUT2D eigenvalue weighted by molar-refractivity contribution is -0.385. The van der Waals surface area contributed by atoms with Gasteiger partial charge in [-0.1, -0.05) is 13.3 Å². The van der Waals surface area contributed by atoms with Gasteiger partial charge in [-0.2, -0.15) is 0 Å². The van der Waals surface area contributed by atoms with Crippen LogP contribution >= 0.6 is 0 Å². The number of non-ortho nitro benzene ring substituents is 1. The number of hydrogen-bond donors (Lipinski definition) is 1. The van der Waals surface area contributed by atoms with Crippen molar-refractivity contribution < 1.29 is 18.1 Å². The van der Waals surface area contributed by atoms with Gasteiger partial charge in [0.2, 0.25) is 10.0 Å². The summed E-state index contributed by atoms with van der Waals surface area (Å²) in [5.74, 6) is 0.0783. The minimum Gasteiger partial charge on any atom is -0.495 e. The van der Waals surface area contributed by atoms with Crippen molar-refractivity contribution in [1.82, 2.24) is 4.72 Å². The van der Waals surface area contributed by atoms with Crippen LogP contribution in [0.3, 0.4) is 0 Å². The van der Waals surface area contributed by atoms with E-state index in [0.717, 1.165) is 12.5 Å². The van der Waals surface area contributed by atoms with Gasteiger partial charge in [-0.25, -0.2) is 13.1 Å². The van der Waals surface area contributed by atoms with Crippen molar-refractivity contribution in [3.8, 4) is 5.75 Å². The Hall–Kier alpha value is -1.67. The Labute approximate surface area is 111 Å². The number of sulfonamides is 1. The molecule has 0 saturated heterocycles. The summed E-state index contributed by atoms with van der Waals surface area (Å²) in [4.78, 5) is 9.82. The summed E-state index contributed by atoms with van der Waals surface area (Å²) in [6, 6.07) is 3.46. The van der Waals surface area contributed by atoms with Gasteiger partial charge in [0.15, 0.2) is 0 Å². The van der Waals surface area contributed by atoms with Crippen LogP contribution < -0.4 is 9.46 Å². The van der Waals surface area contributed by atoms with Crippen LogP contribution in [-0.4, -0.2) is 27.0 Å². The van der Waals surface area contributed by atoms with Gasteiger partial charge in [-0.15, -0.1) is 0 Å². The molecule has 0 aliphatic rings. The lowest BCUT2D eigenvalue weighted by atomic mass is 10.3. The van der Waals surface area contributed by atoms with E-state index < -0.39 is 14.9 Å². The SMILES string of the molecule is CCCCNS(=O)(=O)c1cc([N+](=O)[O-])ccc1OC. The summed E-state index contributed by atoms with van der Waals surface area (Å²) in [6.07, 6.45) is 1.53. The molecule has 0 aliphatic heterocycles. The Morgan fingerprint density at radius 1 is 1.42 bits per heavy atom. The molecular formula is C11H16N2O5S. The van der Waals surface area contributed by atoms with Crippen LogP contribution in [-0.2, 0) is 10.0 Å². The van der Waals surface area contributed by atoms with Crippen LogP contribution in [0.2, 0.25) is 0 Å². The molecule has 0 bridgehead atoms. The van der Waals surface area contributed by atoms with Crippen LogP contribution in [0.1, 0.15) is 19.8 Å². The molecule has 0 heterocycles. The van der Waals surface area contributed by atoms with E-state index in [0.29, 0.717) is 6.42 Å². The molecule has 0 fully saturated rings. The average Bonchev–Trinajstić information content (AvgIpc) is 2.38. The molecule has 106 valence electrons. The molecule has 0 aromatic heterocycles. The fourth-order valence-electron chi connectivity index (χ4n) is 1.45. The summed E-state index contributed by atoms with van der Waals surface area (Å²) >= 11 is 0. The highest BCUT2D eigenvalue weighted by molar-refractivity contribution is 7.89. The number of nitro groups is 1. The van der Waals surface area contributed by atoms with E-state index in [1.807, 2.05) is 6.92 Å². The molecule has 1 aromatic rings. The van der Waals surface area contributed by atoms with E-state index in [1.54, 1.807) is 0 Å². The van der Waals surface area contributed by atoms with E-state index in [-0.39, 0.29) is 22.9 Å². The highest BCUT2D eigenvalue weighted by Gasteiger charge is 2.22. The quantitative estimate of drug-likeness (QED) is 0.467. The summed E-state index contributed by atoms with van der Waals surface area (Å²) in [6.45, 7) is 2.22. The topological polar surface area (TPSA) is 98.5 Å². The zero-order chi connectivity index (χ0) is 14.5. The van der Waals surface area contributed by atoms with Crippen molar-refractivity contribution in [3.05, 3.63) is 28.3 Å². The number of nitrogens with one attached hydrogen (secondary N) is 1. The second-order valence-corrected chi connectivity index (χ2v) is 5.58. The normalized spacial score (nSPS) is 11.3. The van der Waals surface area contributed by atoms with Crippen molar-refractivity contribution in [2.24, 2.45) is 0 Å². The first-order valence-corrected chi connectivity index (χ1v) is 7.22. The molecule has 0 spiro atoms. The van der Waals surface area contributed by atoms with Crippen molar-refractivity contribution in [3.63, 3.8) is 0 Å². The minimum atomic E-state index is -3.81. The van der Waals surface area contributed by atoms with E-state index in [9.17, 15) is 18.5 Å². The van der Waals surface area contributed by atoms with Gasteiger partial charge < -0.3 is 4.74 Å². The molecule has 1 aromatic carbocycles. The van der Waals surface area contributed by atoms with Gasteiger partial charge in [0.25, 0.3) is 5.69 Å². The highest BCUT2D eigenvalue weighted by atomic mass is 32.2. The molecule has 1 rings (SSSR count). The van der Waals surface area contributed by atoms with Crippen LogP contribution in [0.5, 0.6) is 5.75 Å². The van der Waals surface area contributed by atoms with Crippen LogP contribution in [0, 0.1) is 10.1 Å². The molecule has 7 nitrogen and oxygen atoms in total. The molecule has 8 heteroatoms. The fourth-order valence-corrected chi connectivity index (χ4v) is 2.71. The Bertz CT molecular complexity index is 556. The molecular weight excluding hydrogens is 272 g/mol. The largest absolute Gasteiger partial charge is 0.495 e. The monoisotopic (exact) mass is 288 g/mol. The predicted molar refractivity (Wildman–Crippen MR) is 69.7 cm³/mol. The fraction of sp³-hybridized carbons (Fsp3) is 0.455. The Kier molecular flexibility index (Phi) is 5.25. The zero-order valence-corrected chi connectivity index (χ0v) is 11.6. The number of benzene rings is 1. The van der Waals surface area contributed by atoms with Crippen LogP contribution in [0.15, 0.2) is 23.1 Å². The number of unbranched alkanes of at least 4 members (excludes halogenated alkanes) is 1. The third-order valence-corrected chi connectivity index (χ3v) is 3.95. The zero-order valence-electron chi connectivity index (χ0n) is 10.8. The van der Waals surface area contributed by atoms with Gasteiger partial charge in [0.05, 0.1) is 12.0 Å². The molecule has 0 aliphatic carbocycles. The predicted octanol–water partition coefficient (Wildman–Crippen LogP) is 1.68. The van der Waals surface area contributed by atoms with Crippen molar-refractivity contribution in [1.29, 1.82) is 0 Å². The molecule has 1 N–H and O–H groups in total. The van der Waals surface area contributed by atoms with Gasteiger partial charge in [-0.05, 0) is 12.5 Å². The minimum absolute atomic E-state index is 0.0783. The van der Waals surface area contributed by atoms with Gasteiger partial charge in [-0.3, -0.25) is 10.1 Å².